The van der Waals surface area contributed by atoms with Crippen molar-refractivity contribution in [3.63, 3.8) is 0 Å². The Morgan fingerprint density at radius 3 is 2.32 bits per heavy atom. The Hall–Kier alpha value is -3.80. The van der Waals surface area contributed by atoms with Crippen molar-refractivity contribution in [2.24, 2.45) is 0 Å². The highest BCUT2D eigenvalue weighted by atomic mass is 16.6. The Balaban J connectivity index is 1.35. The summed E-state index contributed by atoms with van der Waals surface area (Å²) in [5.41, 5.74) is 5.25. The fraction of sp³-hybridized carbons (Fsp3) is 0.200. The summed E-state index contributed by atoms with van der Waals surface area (Å²) in [5, 5.41) is 9.50. The summed E-state index contributed by atoms with van der Waals surface area (Å²) in [5.74, 6) is -0.579. The third-order valence-electron chi connectivity index (χ3n) is 5.93. The Morgan fingerprint density at radius 2 is 1.65 bits per heavy atom. The first-order valence-electron chi connectivity index (χ1n) is 10.2. The molecule has 5 rings (SSSR count). The van der Waals surface area contributed by atoms with Crippen LogP contribution >= 0.6 is 0 Å². The number of benzene rings is 3. The van der Waals surface area contributed by atoms with Crippen molar-refractivity contribution >= 4 is 12.1 Å². The van der Waals surface area contributed by atoms with Gasteiger partial charge in [0.25, 0.3) is 0 Å². The van der Waals surface area contributed by atoms with Crippen molar-refractivity contribution in [1.82, 2.24) is 4.90 Å². The van der Waals surface area contributed by atoms with E-state index in [-0.39, 0.29) is 31.2 Å². The number of fused-ring (bicyclic) bond motifs is 4. The van der Waals surface area contributed by atoms with Gasteiger partial charge in [0, 0.05) is 11.5 Å². The molecule has 0 saturated carbocycles. The van der Waals surface area contributed by atoms with Crippen molar-refractivity contribution in [2.45, 2.75) is 12.5 Å². The van der Waals surface area contributed by atoms with Crippen molar-refractivity contribution in [3.05, 3.63) is 89.0 Å². The lowest BCUT2D eigenvalue weighted by atomic mass is 9.98. The van der Waals surface area contributed by atoms with Gasteiger partial charge in [0.15, 0.2) is 0 Å². The predicted octanol–water partition coefficient (Wildman–Crippen LogP) is 4.53. The molecule has 3 aromatic rings. The lowest BCUT2D eigenvalue weighted by Crippen LogP contribution is -2.34. The van der Waals surface area contributed by atoms with Gasteiger partial charge in [0.2, 0.25) is 0 Å². The van der Waals surface area contributed by atoms with E-state index >= 15 is 0 Å². The molecule has 156 valence electrons. The molecule has 31 heavy (non-hydrogen) atoms. The van der Waals surface area contributed by atoms with Crippen LogP contribution in [0.4, 0.5) is 4.79 Å². The van der Waals surface area contributed by atoms with Crippen LogP contribution in [0.25, 0.3) is 11.1 Å². The minimum atomic E-state index is -1.05. The second-order valence-electron chi connectivity index (χ2n) is 7.66. The quantitative estimate of drug-likeness (QED) is 0.680. The van der Waals surface area contributed by atoms with Gasteiger partial charge < -0.3 is 19.5 Å². The van der Waals surface area contributed by atoms with Crippen LogP contribution in [0.5, 0.6) is 5.75 Å². The Labute approximate surface area is 179 Å². The molecule has 0 bridgehead atoms. The highest BCUT2D eigenvalue weighted by Crippen LogP contribution is 2.44. The van der Waals surface area contributed by atoms with Gasteiger partial charge in [-0.1, -0.05) is 54.6 Å². The van der Waals surface area contributed by atoms with E-state index < -0.39 is 12.1 Å². The Morgan fingerprint density at radius 1 is 0.968 bits per heavy atom. The Bertz CT molecular complexity index is 1130. The van der Waals surface area contributed by atoms with Gasteiger partial charge >= 0.3 is 12.1 Å². The molecule has 0 fully saturated rings. The normalized spacial score (nSPS) is 14.6. The number of rotatable bonds is 3. The monoisotopic (exact) mass is 415 g/mol. The maximum atomic E-state index is 12.9. The van der Waals surface area contributed by atoms with Gasteiger partial charge in [0.05, 0.1) is 18.7 Å². The van der Waals surface area contributed by atoms with Crippen LogP contribution in [0.15, 0.2) is 66.7 Å². The fourth-order valence-corrected chi connectivity index (χ4v) is 4.44. The summed E-state index contributed by atoms with van der Waals surface area (Å²) in [6.45, 7) is 0.955. The smallest absolute Gasteiger partial charge is 0.410 e. The highest BCUT2D eigenvalue weighted by Gasteiger charge is 2.30. The molecule has 1 aliphatic heterocycles. The molecule has 1 N–H and O–H groups in total. The summed E-state index contributed by atoms with van der Waals surface area (Å²) in [7, 11) is 0. The standard InChI is InChI=1S/C25H21NO5/c27-24(28)20-10-5-11-23-21(20)14-26(12-13-30-23)25(29)31-15-22-18-8-3-1-6-16(18)17-7-2-4-9-19(17)22/h1-11,22H,12-15H2,(H,27,28). The number of amides is 1. The lowest BCUT2D eigenvalue weighted by molar-refractivity contribution is 0.0691. The summed E-state index contributed by atoms with van der Waals surface area (Å²) in [6, 6.07) is 21.2. The molecule has 3 aromatic carbocycles. The van der Waals surface area contributed by atoms with Gasteiger partial charge in [-0.2, -0.15) is 0 Å². The molecule has 0 aromatic heterocycles. The van der Waals surface area contributed by atoms with Crippen LogP contribution in [-0.2, 0) is 11.3 Å². The number of carbonyl (C=O) groups excluding carboxylic acids is 1. The van der Waals surface area contributed by atoms with E-state index in [1.165, 1.54) is 22.1 Å². The van der Waals surface area contributed by atoms with Gasteiger partial charge in [-0.15, -0.1) is 0 Å². The van der Waals surface area contributed by atoms with Crippen molar-refractivity contribution in [3.8, 4) is 16.9 Å². The van der Waals surface area contributed by atoms with Crippen LogP contribution in [0.2, 0.25) is 0 Å². The third-order valence-corrected chi connectivity index (χ3v) is 5.93. The number of carboxylic acid groups (broad SMARTS) is 1. The van der Waals surface area contributed by atoms with Crippen LogP contribution in [0.1, 0.15) is 33.0 Å². The minimum Gasteiger partial charge on any atom is -0.491 e. The number of hydrogen-bond acceptors (Lipinski definition) is 4. The van der Waals surface area contributed by atoms with Crippen molar-refractivity contribution < 1.29 is 24.2 Å². The predicted molar refractivity (Wildman–Crippen MR) is 114 cm³/mol. The third kappa shape index (κ3) is 3.40. The first-order chi connectivity index (χ1) is 15.1. The SMILES string of the molecule is O=C(O)c1cccc2c1CN(C(=O)OCC1c3ccccc3-c3ccccc31)CCO2. The Kier molecular flexibility index (Phi) is 4.82. The molecule has 6 nitrogen and oxygen atoms in total. The zero-order valence-electron chi connectivity index (χ0n) is 16.8. The molecule has 0 atom stereocenters. The molecule has 0 spiro atoms. The van der Waals surface area contributed by atoms with Crippen LogP contribution in [0.3, 0.4) is 0 Å². The molecule has 2 aliphatic rings. The van der Waals surface area contributed by atoms with Gasteiger partial charge in [0.1, 0.15) is 19.0 Å². The summed E-state index contributed by atoms with van der Waals surface area (Å²) < 4.78 is 11.4. The highest BCUT2D eigenvalue weighted by molar-refractivity contribution is 5.90. The van der Waals surface area contributed by atoms with Gasteiger partial charge in [-0.25, -0.2) is 9.59 Å². The van der Waals surface area contributed by atoms with E-state index in [4.69, 9.17) is 9.47 Å². The van der Waals surface area contributed by atoms with Crippen molar-refractivity contribution in [1.29, 1.82) is 0 Å². The van der Waals surface area contributed by atoms with Crippen LogP contribution < -0.4 is 4.74 Å². The number of carboxylic acids is 1. The zero-order valence-corrected chi connectivity index (χ0v) is 16.8. The molecular formula is C25H21NO5. The second-order valence-corrected chi connectivity index (χ2v) is 7.66. The van der Waals surface area contributed by atoms with E-state index in [1.807, 2.05) is 24.3 Å². The van der Waals surface area contributed by atoms with Crippen LogP contribution in [-0.4, -0.2) is 41.8 Å². The molecule has 0 radical (unpaired) electrons. The number of carbonyl (C=O) groups is 2. The van der Waals surface area contributed by atoms with E-state index in [2.05, 4.69) is 24.3 Å². The number of hydrogen-bond donors (Lipinski definition) is 1. The second kappa shape index (κ2) is 7.80. The van der Waals surface area contributed by atoms with E-state index in [0.717, 1.165) is 11.1 Å². The minimum absolute atomic E-state index is 0.0264. The number of aromatic carboxylic acids is 1. The first kappa shape index (κ1) is 19.2. The molecule has 1 heterocycles. The average Bonchev–Trinajstić information content (AvgIpc) is 2.94. The van der Waals surface area contributed by atoms with E-state index in [9.17, 15) is 14.7 Å². The largest absolute Gasteiger partial charge is 0.491 e. The topological polar surface area (TPSA) is 76.1 Å². The molecule has 0 saturated heterocycles. The van der Waals surface area contributed by atoms with Gasteiger partial charge in [-0.3, -0.25) is 0 Å². The van der Waals surface area contributed by atoms with Gasteiger partial charge in [-0.05, 0) is 34.4 Å². The molecular weight excluding hydrogens is 394 g/mol. The maximum Gasteiger partial charge on any atom is 0.410 e. The van der Waals surface area contributed by atoms with Crippen LogP contribution in [0, 0.1) is 0 Å². The average molecular weight is 415 g/mol. The van der Waals surface area contributed by atoms with E-state index in [0.29, 0.717) is 17.9 Å². The first-order valence-corrected chi connectivity index (χ1v) is 10.2. The molecule has 6 heteroatoms. The fourth-order valence-electron chi connectivity index (χ4n) is 4.44. The summed E-state index contributed by atoms with van der Waals surface area (Å²) >= 11 is 0. The summed E-state index contributed by atoms with van der Waals surface area (Å²) in [6.07, 6.45) is -0.474. The number of nitrogens with zero attached hydrogens (tertiary/aromatic N) is 1. The molecule has 1 amide bonds. The molecule has 1 aliphatic carbocycles. The summed E-state index contributed by atoms with van der Waals surface area (Å²) in [4.78, 5) is 26.0. The van der Waals surface area contributed by atoms with E-state index in [1.54, 1.807) is 12.1 Å². The maximum absolute atomic E-state index is 12.9. The molecule has 0 unspecified atom stereocenters. The zero-order chi connectivity index (χ0) is 21.4. The van der Waals surface area contributed by atoms with Crippen molar-refractivity contribution in [2.75, 3.05) is 19.8 Å². The lowest BCUT2D eigenvalue weighted by Gasteiger charge is -2.22. The number of ether oxygens (including phenoxy) is 2.